The lowest BCUT2D eigenvalue weighted by Crippen LogP contribution is -2.14. The first-order valence-electron chi connectivity index (χ1n) is 5.46. The molecule has 6 nitrogen and oxygen atoms in total. The van der Waals surface area contributed by atoms with Gasteiger partial charge < -0.3 is 0 Å². The Kier molecular flexibility index (Phi) is 2.96. The lowest BCUT2D eigenvalue weighted by Gasteiger charge is -2.03. The van der Waals surface area contributed by atoms with Gasteiger partial charge in [-0.2, -0.15) is 0 Å². The highest BCUT2D eigenvalue weighted by Crippen LogP contribution is 2.12. The molecule has 0 fully saturated rings. The van der Waals surface area contributed by atoms with E-state index in [0.29, 0.717) is 17.2 Å². The van der Waals surface area contributed by atoms with Crippen molar-refractivity contribution in [2.24, 2.45) is 0 Å². The monoisotopic (exact) mass is 317 g/mol. The van der Waals surface area contributed by atoms with Crippen molar-refractivity contribution in [1.29, 1.82) is 0 Å². The molecule has 0 radical (unpaired) electrons. The van der Waals surface area contributed by atoms with Crippen LogP contribution in [0.15, 0.2) is 47.3 Å². The topological polar surface area (TPSA) is 72.2 Å². The molecule has 19 heavy (non-hydrogen) atoms. The van der Waals surface area contributed by atoms with E-state index in [0.717, 1.165) is 4.47 Å². The normalized spacial score (nSPS) is 10.6. The summed E-state index contributed by atoms with van der Waals surface area (Å²) >= 11 is 3.27. The van der Waals surface area contributed by atoms with Crippen LogP contribution in [0.4, 0.5) is 5.95 Å². The second kappa shape index (κ2) is 4.77. The Hall–Kier alpha value is -2.28. The summed E-state index contributed by atoms with van der Waals surface area (Å²) in [5.74, 6) is 0.0903. The van der Waals surface area contributed by atoms with Gasteiger partial charge in [0.15, 0.2) is 5.65 Å². The lowest BCUT2D eigenvalue weighted by atomic mass is 10.3. The molecule has 3 rings (SSSR count). The summed E-state index contributed by atoms with van der Waals surface area (Å²) in [6.45, 7) is 0. The van der Waals surface area contributed by atoms with Gasteiger partial charge in [0.25, 0.3) is 5.91 Å². The number of hydrogen-bond donors (Lipinski definition) is 1. The van der Waals surface area contributed by atoms with Gasteiger partial charge in [0.2, 0.25) is 5.95 Å². The molecular formula is C12H8BrN5O. The van der Waals surface area contributed by atoms with Crippen LogP contribution in [0.5, 0.6) is 0 Å². The average molecular weight is 318 g/mol. The zero-order valence-electron chi connectivity index (χ0n) is 9.62. The van der Waals surface area contributed by atoms with Gasteiger partial charge in [0.05, 0.1) is 5.56 Å². The van der Waals surface area contributed by atoms with Crippen molar-refractivity contribution in [2.75, 3.05) is 5.32 Å². The fraction of sp³-hybridized carbons (Fsp3) is 0. The number of pyridine rings is 2. The van der Waals surface area contributed by atoms with Gasteiger partial charge in [-0.25, -0.2) is 0 Å². The van der Waals surface area contributed by atoms with Gasteiger partial charge in [0.1, 0.15) is 0 Å². The number of hydrogen-bond acceptors (Lipinski definition) is 4. The number of nitrogens with zero attached hydrogens (tertiary/aromatic N) is 4. The van der Waals surface area contributed by atoms with E-state index in [1.54, 1.807) is 22.9 Å². The van der Waals surface area contributed by atoms with Crippen molar-refractivity contribution in [1.82, 2.24) is 19.6 Å². The summed E-state index contributed by atoms with van der Waals surface area (Å²) in [4.78, 5) is 16.0. The number of rotatable bonds is 2. The van der Waals surface area contributed by atoms with E-state index in [4.69, 9.17) is 0 Å². The highest BCUT2D eigenvalue weighted by Gasteiger charge is 2.11. The molecule has 0 bridgehead atoms. The molecule has 0 atom stereocenters. The van der Waals surface area contributed by atoms with Gasteiger partial charge in [-0.1, -0.05) is 6.07 Å². The third kappa shape index (κ3) is 2.32. The van der Waals surface area contributed by atoms with Crippen LogP contribution >= 0.6 is 15.9 Å². The molecule has 1 amide bonds. The molecule has 0 aliphatic rings. The molecule has 94 valence electrons. The second-order valence-corrected chi connectivity index (χ2v) is 4.71. The van der Waals surface area contributed by atoms with Crippen LogP contribution in [0.25, 0.3) is 5.65 Å². The molecule has 3 heterocycles. The second-order valence-electron chi connectivity index (χ2n) is 3.80. The minimum absolute atomic E-state index is 0.285. The molecule has 0 saturated heterocycles. The van der Waals surface area contributed by atoms with Crippen molar-refractivity contribution in [3.05, 3.63) is 52.9 Å². The van der Waals surface area contributed by atoms with Crippen LogP contribution in [0.3, 0.4) is 0 Å². The average Bonchev–Trinajstić information content (AvgIpc) is 2.82. The lowest BCUT2D eigenvalue weighted by molar-refractivity contribution is 0.102. The van der Waals surface area contributed by atoms with E-state index in [-0.39, 0.29) is 5.91 Å². The maximum absolute atomic E-state index is 12.1. The summed E-state index contributed by atoms with van der Waals surface area (Å²) in [6, 6.07) is 7.19. The van der Waals surface area contributed by atoms with Crippen LogP contribution in [0.1, 0.15) is 10.4 Å². The first-order valence-corrected chi connectivity index (χ1v) is 6.25. The molecular weight excluding hydrogens is 310 g/mol. The Morgan fingerprint density at radius 2 is 2.16 bits per heavy atom. The third-order valence-electron chi connectivity index (χ3n) is 2.51. The molecule has 0 aromatic carbocycles. The van der Waals surface area contributed by atoms with Crippen molar-refractivity contribution >= 4 is 33.4 Å². The van der Waals surface area contributed by atoms with E-state index in [2.05, 4.69) is 36.4 Å². The Morgan fingerprint density at radius 3 is 3.00 bits per heavy atom. The number of carbonyl (C=O) groups is 1. The van der Waals surface area contributed by atoms with Crippen LogP contribution in [-0.2, 0) is 0 Å². The van der Waals surface area contributed by atoms with E-state index in [1.807, 2.05) is 18.2 Å². The third-order valence-corrected chi connectivity index (χ3v) is 2.94. The summed E-state index contributed by atoms with van der Waals surface area (Å²) in [5, 5.41) is 10.6. The summed E-state index contributed by atoms with van der Waals surface area (Å²) in [7, 11) is 0. The van der Waals surface area contributed by atoms with Gasteiger partial charge in [-0.15, -0.1) is 10.2 Å². The summed E-state index contributed by atoms with van der Waals surface area (Å²) < 4.78 is 2.44. The van der Waals surface area contributed by atoms with Gasteiger partial charge >= 0.3 is 0 Å². The van der Waals surface area contributed by atoms with E-state index in [9.17, 15) is 4.79 Å². The predicted octanol–water partition coefficient (Wildman–Crippen LogP) is 2.14. The van der Waals surface area contributed by atoms with Crippen molar-refractivity contribution in [3.8, 4) is 0 Å². The molecule has 0 aliphatic heterocycles. The van der Waals surface area contributed by atoms with Crippen LogP contribution in [0.2, 0.25) is 0 Å². The fourth-order valence-corrected chi connectivity index (χ4v) is 2.00. The van der Waals surface area contributed by atoms with Gasteiger partial charge in [-0.3, -0.25) is 19.5 Å². The number of amides is 1. The first kappa shape index (κ1) is 11.8. The standard InChI is InChI=1S/C12H8BrN5O/c13-9-5-8(6-14-7-9)11(19)15-12-17-16-10-3-1-2-4-18(10)12/h1-7H,(H,15,17,19). The minimum atomic E-state index is -0.285. The van der Waals surface area contributed by atoms with E-state index >= 15 is 0 Å². The number of halogens is 1. The quantitative estimate of drug-likeness (QED) is 0.786. The number of carbonyl (C=O) groups excluding carboxylic acids is 1. The Bertz CT molecular complexity index is 754. The largest absolute Gasteiger partial charge is 0.290 e. The van der Waals surface area contributed by atoms with Crippen LogP contribution in [0, 0.1) is 0 Å². The zero-order valence-corrected chi connectivity index (χ0v) is 11.2. The smallest absolute Gasteiger partial charge is 0.259 e. The first-order chi connectivity index (χ1) is 9.24. The Labute approximate surface area is 116 Å². The predicted molar refractivity (Wildman–Crippen MR) is 72.9 cm³/mol. The number of aromatic nitrogens is 4. The van der Waals surface area contributed by atoms with Gasteiger partial charge in [0, 0.05) is 23.1 Å². The molecule has 1 N–H and O–H groups in total. The van der Waals surface area contributed by atoms with Crippen molar-refractivity contribution in [2.45, 2.75) is 0 Å². The molecule has 0 aliphatic carbocycles. The Balaban J connectivity index is 1.91. The molecule has 0 spiro atoms. The zero-order chi connectivity index (χ0) is 13.2. The Morgan fingerprint density at radius 1 is 1.26 bits per heavy atom. The molecule has 0 saturated carbocycles. The van der Waals surface area contributed by atoms with E-state index in [1.165, 1.54) is 6.20 Å². The number of nitrogens with one attached hydrogen (secondary N) is 1. The maximum atomic E-state index is 12.1. The van der Waals surface area contributed by atoms with Crippen LogP contribution in [-0.4, -0.2) is 25.5 Å². The van der Waals surface area contributed by atoms with Crippen molar-refractivity contribution < 1.29 is 4.79 Å². The molecule has 3 aromatic rings. The fourth-order valence-electron chi connectivity index (χ4n) is 1.64. The summed E-state index contributed by atoms with van der Waals surface area (Å²) in [5.41, 5.74) is 1.12. The number of fused-ring (bicyclic) bond motifs is 1. The number of anilines is 1. The SMILES string of the molecule is O=C(Nc1nnc2ccccn12)c1cncc(Br)c1. The molecule has 0 unspecified atom stereocenters. The van der Waals surface area contributed by atoms with Crippen LogP contribution < -0.4 is 5.32 Å². The summed E-state index contributed by atoms with van der Waals surface area (Å²) in [6.07, 6.45) is 4.89. The maximum Gasteiger partial charge on any atom is 0.259 e. The molecule has 3 aromatic heterocycles. The highest BCUT2D eigenvalue weighted by molar-refractivity contribution is 9.10. The minimum Gasteiger partial charge on any atom is -0.290 e. The van der Waals surface area contributed by atoms with Crippen molar-refractivity contribution in [3.63, 3.8) is 0 Å². The van der Waals surface area contributed by atoms with E-state index < -0.39 is 0 Å². The highest BCUT2D eigenvalue weighted by atomic mass is 79.9. The molecule has 7 heteroatoms. The van der Waals surface area contributed by atoms with Gasteiger partial charge in [-0.05, 0) is 34.1 Å².